The van der Waals surface area contributed by atoms with Crippen molar-refractivity contribution in [1.29, 1.82) is 0 Å². The van der Waals surface area contributed by atoms with Crippen LogP contribution in [0.4, 0.5) is 0 Å². The van der Waals surface area contributed by atoms with Gasteiger partial charge >= 0.3 is 0 Å². The quantitative estimate of drug-likeness (QED) is 0.725. The van der Waals surface area contributed by atoms with Crippen LogP contribution in [0.25, 0.3) is 10.9 Å². The van der Waals surface area contributed by atoms with Crippen molar-refractivity contribution < 1.29 is 8.42 Å². The molecule has 0 radical (unpaired) electrons. The van der Waals surface area contributed by atoms with Crippen molar-refractivity contribution in [2.45, 2.75) is 17.9 Å². The van der Waals surface area contributed by atoms with Gasteiger partial charge in [0.1, 0.15) is 4.90 Å². The Morgan fingerprint density at radius 1 is 1.08 bits per heavy atom. The molecule has 0 saturated carbocycles. The molecule has 1 N–H and O–H groups in total. The summed E-state index contributed by atoms with van der Waals surface area (Å²) in [5, 5.41) is 0.816. The average Bonchev–Trinajstić information content (AvgIpc) is 2.60. The minimum Gasteiger partial charge on any atom is -0.307 e. The number of sulfonamides is 1. The first kappa shape index (κ1) is 18.5. The Morgan fingerprint density at radius 3 is 2.50 bits per heavy atom. The van der Waals surface area contributed by atoms with Gasteiger partial charge in [-0.05, 0) is 44.3 Å². The minimum atomic E-state index is -3.73. The second-order valence-corrected chi connectivity index (χ2v) is 8.37. The standard InChI is InChI=1S/C20H23N3O2S/c1-15-12-17-10-7-11-19(20(17)21-13-15)26(24,25)22-18(14-23(2)3)16-8-5-4-6-9-16/h4-13,18,22H,14H2,1-3H3/t18-/m0/s1. The van der Waals surface area contributed by atoms with E-state index in [2.05, 4.69) is 9.71 Å². The van der Waals surface area contributed by atoms with Crippen LogP contribution >= 0.6 is 0 Å². The highest BCUT2D eigenvalue weighted by molar-refractivity contribution is 7.89. The molecule has 3 aromatic rings. The third kappa shape index (κ3) is 4.09. The minimum absolute atomic E-state index is 0.203. The fourth-order valence-corrected chi connectivity index (χ4v) is 4.37. The highest BCUT2D eigenvalue weighted by atomic mass is 32.2. The summed E-state index contributed by atoms with van der Waals surface area (Å²) in [6, 6.07) is 16.4. The molecule has 5 nitrogen and oxygen atoms in total. The molecule has 136 valence electrons. The van der Waals surface area contributed by atoms with E-state index in [1.54, 1.807) is 18.3 Å². The second kappa shape index (κ2) is 7.53. The van der Waals surface area contributed by atoms with Crippen molar-refractivity contribution in [2.24, 2.45) is 0 Å². The van der Waals surface area contributed by atoms with Gasteiger partial charge < -0.3 is 4.90 Å². The molecule has 1 atom stereocenters. The van der Waals surface area contributed by atoms with Gasteiger partial charge in [-0.15, -0.1) is 0 Å². The van der Waals surface area contributed by atoms with Gasteiger partial charge in [0.05, 0.1) is 11.6 Å². The number of aryl methyl sites for hydroxylation is 1. The normalized spacial score (nSPS) is 13.2. The molecule has 1 aromatic heterocycles. The van der Waals surface area contributed by atoms with Crippen LogP contribution in [-0.4, -0.2) is 38.9 Å². The number of rotatable bonds is 6. The molecule has 0 amide bonds. The van der Waals surface area contributed by atoms with Crippen molar-refractivity contribution in [3.05, 3.63) is 71.9 Å². The maximum atomic E-state index is 13.1. The Bertz CT molecular complexity index is 1000. The Hall–Kier alpha value is -2.28. The van der Waals surface area contributed by atoms with Crippen molar-refractivity contribution in [3.8, 4) is 0 Å². The van der Waals surface area contributed by atoms with Crippen molar-refractivity contribution in [3.63, 3.8) is 0 Å². The third-order valence-electron chi connectivity index (χ3n) is 4.15. The summed E-state index contributed by atoms with van der Waals surface area (Å²) in [4.78, 5) is 6.52. The average molecular weight is 369 g/mol. The van der Waals surface area contributed by atoms with Gasteiger partial charge in [0.15, 0.2) is 0 Å². The summed E-state index contributed by atoms with van der Waals surface area (Å²) >= 11 is 0. The molecule has 0 fully saturated rings. The molecule has 0 spiro atoms. The van der Waals surface area contributed by atoms with E-state index in [4.69, 9.17) is 0 Å². The van der Waals surface area contributed by atoms with Gasteiger partial charge in [0, 0.05) is 18.1 Å². The predicted octanol–water partition coefficient (Wildman–Crippen LogP) is 3.12. The van der Waals surface area contributed by atoms with Crippen LogP contribution in [0, 0.1) is 6.92 Å². The summed E-state index contributed by atoms with van der Waals surface area (Å²) in [6.45, 7) is 2.49. The van der Waals surface area contributed by atoms with Crippen LogP contribution in [-0.2, 0) is 10.0 Å². The van der Waals surface area contributed by atoms with Crippen LogP contribution < -0.4 is 4.72 Å². The Morgan fingerprint density at radius 2 is 1.81 bits per heavy atom. The topological polar surface area (TPSA) is 62.3 Å². The Balaban J connectivity index is 2.02. The molecular weight excluding hydrogens is 346 g/mol. The lowest BCUT2D eigenvalue weighted by molar-refractivity contribution is 0.363. The maximum absolute atomic E-state index is 13.1. The largest absolute Gasteiger partial charge is 0.307 e. The van der Waals surface area contributed by atoms with E-state index in [1.807, 2.05) is 68.4 Å². The van der Waals surface area contributed by atoms with Gasteiger partial charge in [0.25, 0.3) is 0 Å². The number of para-hydroxylation sites is 1. The molecule has 6 heteroatoms. The number of hydrogen-bond donors (Lipinski definition) is 1. The summed E-state index contributed by atoms with van der Waals surface area (Å²) in [5.41, 5.74) is 2.41. The van der Waals surface area contributed by atoms with E-state index in [0.29, 0.717) is 12.1 Å². The number of aromatic nitrogens is 1. The highest BCUT2D eigenvalue weighted by Gasteiger charge is 2.24. The van der Waals surface area contributed by atoms with E-state index in [9.17, 15) is 8.42 Å². The summed E-state index contributed by atoms with van der Waals surface area (Å²) < 4.78 is 29.1. The van der Waals surface area contributed by atoms with E-state index in [-0.39, 0.29) is 10.9 Å². The van der Waals surface area contributed by atoms with E-state index in [0.717, 1.165) is 16.5 Å². The van der Waals surface area contributed by atoms with Gasteiger partial charge in [-0.25, -0.2) is 13.1 Å². The fourth-order valence-electron chi connectivity index (χ4n) is 2.97. The molecule has 0 saturated heterocycles. The predicted molar refractivity (Wildman–Crippen MR) is 105 cm³/mol. The number of likely N-dealkylation sites (N-methyl/N-ethyl adjacent to an activating group) is 1. The molecule has 1 heterocycles. The lowest BCUT2D eigenvalue weighted by atomic mass is 10.1. The van der Waals surface area contributed by atoms with Crippen molar-refractivity contribution >= 4 is 20.9 Å². The second-order valence-electron chi connectivity index (χ2n) is 6.69. The molecule has 0 unspecified atom stereocenters. The third-order valence-corrected chi connectivity index (χ3v) is 5.65. The SMILES string of the molecule is Cc1cnc2c(S(=O)(=O)N[C@@H](CN(C)C)c3ccccc3)cccc2c1. The van der Waals surface area contributed by atoms with E-state index in [1.165, 1.54) is 0 Å². The van der Waals surface area contributed by atoms with Crippen LogP contribution in [0.15, 0.2) is 65.7 Å². The van der Waals surface area contributed by atoms with Gasteiger partial charge in [-0.1, -0.05) is 42.5 Å². The number of nitrogens with zero attached hydrogens (tertiary/aromatic N) is 2. The molecule has 0 aliphatic rings. The van der Waals surface area contributed by atoms with E-state index < -0.39 is 10.0 Å². The first-order valence-corrected chi connectivity index (χ1v) is 9.92. The lowest BCUT2D eigenvalue weighted by Crippen LogP contribution is -2.35. The van der Waals surface area contributed by atoms with Crippen LogP contribution in [0.3, 0.4) is 0 Å². The molecule has 26 heavy (non-hydrogen) atoms. The van der Waals surface area contributed by atoms with Crippen LogP contribution in [0.2, 0.25) is 0 Å². The summed E-state index contributed by atoms with van der Waals surface area (Å²) in [5.74, 6) is 0. The smallest absolute Gasteiger partial charge is 0.243 e. The first-order chi connectivity index (χ1) is 12.4. The van der Waals surface area contributed by atoms with E-state index >= 15 is 0 Å². The molecule has 0 bridgehead atoms. The first-order valence-electron chi connectivity index (χ1n) is 8.44. The van der Waals surface area contributed by atoms with Gasteiger partial charge in [-0.3, -0.25) is 4.98 Å². The monoisotopic (exact) mass is 369 g/mol. The van der Waals surface area contributed by atoms with Gasteiger partial charge in [0.2, 0.25) is 10.0 Å². The molecule has 0 aliphatic heterocycles. The zero-order valence-corrected chi connectivity index (χ0v) is 16.0. The molecule has 3 rings (SSSR count). The van der Waals surface area contributed by atoms with Crippen molar-refractivity contribution in [2.75, 3.05) is 20.6 Å². The maximum Gasteiger partial charge on any atom is 0.243 e. The number of pyridine rings is 1. The fraction of sp³-hybridized carbons (Fsp3) is 0.250. The summed E-state index contributed by atoms with van der Waals surface area (Å²) in [7, 11) is 0.114. The number of benzene rings is 2. The zero-order chi connectivity index (χ0) is 18.7. The van der Waals surface area contributed by atoms with Crippen LogP contribution in [0.5, 0.6) is 0 Å². The van der Waals surface area contributed by atoms with Crippen molar-refractivity contribution in [1.82, 2.24) is 14.6 Å². The number of hydrogen-bond acceptors (Lipinski definition) is 4. The Kier molecular flexibility index (Phi) is 5.36. The highest BCUT2D eigenvalue weighted by Crippen LogP contribution is 2.24. The molecular formula is C20H23N3O2S. The van der Waals surface area contributed by atoms with Gasteiger partial charge in [-0.2, -0.15) is 0 Å². The Labute approximate surface area is 154 Å². The zero-order valence-electron chi connectivity index (χ0n) is 15.2. The number of nitrogens with one attached hydrogen (secondary N) is 1. The van der Waals surface area contributed by atoms with Crippen LogP contribution in [0.1, 0.15) is 17.2 Å². The summed E-state index contributed by atoms with van der Waals surface area (Å²) in [6.07, 6.45) is 1.69. The lowest BCUT2D eigenvalue weighted by Gasteiger charge is -2.23. The number of fused-ring (bicyclic) bond motifs is 1. The molecule has 2 aromatic carbocycles. The molecule has 0 aliphatic carbocycles.